The van der Waals surface area contributed by atoms with Gasteiger partial charge in [0.25, 0.3) is 9.05 Å². The van der Waals surface area contributed by atoms with Crippen molar-refractivity contribution in [3.63, 3.8) is 0 Å². The van der Waals surface area contributed by atoms with Gasteiger partial charge in [-0.1, -0.05) is 11.6 Å². The molecular formula is C7H2Cl2F4O2S. The van der Waals surface area contributed by atoms with Crippen molar-refractivity contribution < 1.29 is 26.0 Å². The minimum absolute atomic E-state index is 0.348. The highest BCUT2D eigenvalue weighted by molar-refractivity contribution is 8.13. The lowest BCUT2D eigenvalue weighted by Crippen LogP contribution is -2.12. The first-order valence-corrected chi connectivity index (χ1v) is 6.23. The van der Waals surface area contributed by atoms with Crippen LogP contribution in [0.15, 0.2) is 17.0 Å². The Balaban J connectivity index is 3.73. The van der Waals surface area contributed by atoms with Gasteiger partial charge in [0.2, 0.25) is 0 Å². The maximum Gasteiger partial charge on any atom is 0.417 e. The van der Waals surface area contributed by atoms with E-state index in [1.807, 2.05) is 0 Å². The topological polar surface area (TPSA) is 34.1 Å². The Bertz CT molecular complexity index is 524. The lowest BCUT2D eigenvalue weighted by Gasteiger charge is -2.11. The molecule has 0 atom stereocenters. The van der Waals surface area contributed by atoms with E-state index in [1.54, 1.807) is 0 Å². The largest absolute Gasteiger partial charge is 0.417 e. The number of halogens is 6. The van der Waals surface area contributed by atoms with Gasteiger partial charge < -0.3 is 0 Å². The zero-order valence-corrected chi connectivity index (χ0v) is 9.48. The zero-order chi connectivity index (χ0) is 12.7. The highest BCUT2D eigenvalue weighted by Gasteiger charge is 2.39. The lowest BCUT2D eigenvalue weighted by atomic mass is 10.2. The van der Waals surface area contributed by atoms with Crippen molar-refractivity contribution in [1.82, 2.24) is 0 Å². The van der Waals surface area contributed by atoms with Gasteiger partial charge in [0.15, 0.2) is 5.82 Å². The number of hydrogen-bond acceptors (Lipinski definition) is 2. The number of benzene rings is 1. The molecule has 0 unspecified atom stereocenters. The first-order valence-electron chi connectivity index (χ1n) is 3.55. The third-order valence-electron chi connectivity index (χ3n) is 1.60. The van der Waals surface area contributed by atoms with Crippen molar-refractivity contribution >= 4 is 31.3 Å². The molecule has 1 aromatic rings. The summed E-state index contributed by atoms with van der Waals surface area (Å²) in [6.45, 7) is 0. The average molecular weight is 297 g/mol. The molecule has 0 saturated carbocycles. The molecule has 0 spiro atoms. The van der Waals surface area contributed by atoms with Crippen LogP contribution in [-0.4, -0.2) is 8.42 Å². The Morgan fingerprint density at radius 1 is 1.19 bits per heavy atom. The van der Waals surface area contributed by atoms with Crippen molar-refractivity contribution in [2.45, 2.75) is 11.1 Å². The third-order valence-corrected chi connectivity index (χ3v) is 3.24. The summed E-state index contributed by atoms with van der Waals surface area (Å²) in [5.74, 6) is -1.72. The molecule has 0 aromatic heterocycles. The quantitative estimate of drug-likeness (QED) is 0.588. The van der Waals surface area contributed by atoms with Crippen LogP contribution in [0.5, 0.6) is 0 Å². The van der Waals surface area contributed by atoms with Crippen LogP contribution in [0.3, 0.4) is 0 Å². The minimum Gasteiger partial charge on any atom is -0.207 e. The number of alkyl halides is 3. The first-order chi connectivity index (χ1) is 7.05. The summed E-state index contributed by atoms with van der Waals surface area (Å²) in [5, 5.41) is -0.757. The van der Waals surface area contributed by atoms with Gasteiger partial charge in [-0.05, 0) is 12.1 Å². The van der Waals surface area contributed by atoms with Crippen molar-refractivity contribution in [3.8, 4) is 0 Å². The highest BCUT2D eigenvalue weighted by atomic mass is 35.7. The summed E-state index contributed by atoms with van der Waals surface area (Å²) in [6.07, 6.45) is -5.04. The van der Waals surface area contributed by atoms with Gasteiger partial charge in [-0.3, -0.25) is 0 Å². The summed E-state index contributed by atoms with van der Waals surface area (Å²) in [5.41, 5.74) is -1.69. The predicted octanol–water partition coefficient (Wildman–Crippen LogP) is 3.43. The number of hydrogen-bond donors (Lipinski definition) is 0. The van der Waals surface area contributed by atoms with Crippen LogP contribution < -0.4 is 0 Å². The van der Waals surface area contributed by atoms with Gasteiger partial charge >= 0.3 is 6.18 Å². The molecule has 1 aromatic carbocycles. The lowest BCUT2D eigenvalue weighted by molar-refractivity contribution is -0.140. The Morgan fingerprint density at radius 3 is 2.06 bits per heavy atom. The molecule has 16 heavy (non-hydrogen) atoms. The molecule has 9 heteroatoms. The molecule has 0 aliphatic rings. The molecule has 0 saturated heterocycles. The average Bonchev–Trinajstić information content (AvgIpc) is 2.05. The van der Waals surface area contributed by atoms with E-state index in [2.05, 4.69) is 0 Å². The summed E-state index contributed by atoms with van der Waals surface area (Å²) in [7, 11) is -0.156. The Labute approximate surface area is 97.2 Å². The normalized spacial score (nSPS) is 12.9. The molecule has 0 radical (unpaired) electrons. The molecule has 0 amide bonds. The summed E-state index contributed by atoms with van der Waals surface area (Å²) in [4.78, 5) is -1.66. The van der Waals surface area contributed by atoms with E-state index in [4.69, 9.17) is 22.3 Å². The molecule has 2 nitrogen and oxygen atoms in total. The van der Waals surface area contributed by atoms with Crippen molar-refractivity contribution in [3.05, 3.63) is 28.5 Å². The monoisotopic (exact) mass is 296 g/mol. The molecule has 0 bridgehead atoms. The van der Waals surface area contributed by atoms with E-state index in [0.717, 1.165) is 0 Å². The van der Waals surface area contributed by atoms with Gasteiger partial charge in [0.1, 0.15) is 4.90 Å². The van der Waals surface area contributed by atoms with Crippen molar-refractivity contribution in [2.75, 3.05) is 0 Å². The minimum atomic E-state index is -5.04. The van der Waals surface area contributed by atoms with Gasteiger partial charge in [-0.25, -0.2) is 12.8 Å². The first kappa shape index (κ1) is 13.5. The summed E-state index contributed by atoms with van der Waals surface area (Å²) < 4.78 is 71.9. The fourth-order valence-electron chi connectivity index (χ4n) is 0.994. The molecule has 0 fully saturated rings. The fourth-order valence-corrected chi connectivity index (χ4v) is 2.43. The van der Waals surface area contributed by atoms with E-state index >= 15 is 0 Å². The maximum atomic E-state index is 13.2. The van der Waals surface area contributed by atoms with E-state index in [-0.39, 0.29) is 0 Å². The van der Waals surface area contributed by atoms with Gasteiger partial charge in [-0.15, -0.1) is 0 Å². The van der Waals surface area contributed by atoms with E-state index in [1.165, 1.54) is 0 Å². The smallest absolute Gasteiger partial charge is 0.207 e. The van der Waals surface area contributed by atoms with Crippen LogP contribution in [0, 0.1) is 5.82 Å². The van der Waals surface area contributed by atoms with E-state index in [9.17, 15) is 26.0 Å². The van der Waals surface area contributed by atoms with Crippen molar-refractivity contribution in [2.24, 2.45) is 0 Å². The van der Waals surface area contributed by atoms with Crippen LogP contribution in [0.1, 0.15) is 5.56 Å². The second-order valence-corrected chi connectivity index (χ2v) is 5.58. The van der Waals surface area contributed by atoms with Crippen LogP contribution in [0.25, 0.3) is 0 Å². The second-order valence-electron chi connectivity index (χ2n) is 2.67. The SMILES string of the molecule is O=S(=O)(Cl)c1c(C(F)(F)F)ccc(Cl)c1F. The number of rotatable bonds is 1. The Hall–Kier alpha value is -0.530. The highest BCUT2D eigenvalue weighted by Crippen LogP contribution is 2.38. The van der Waals surface area contributed by atoms with Crippen LogP contribution in [0.2, 0.25) is 5.02 Å². The van der Waals surface area contributed by atoms with Crippen LogP contribution >= 0.6 is 22.3 Å². The Kier molecular flexibility index (Phi) is 3.42. The molecule has 0 heterocycles. The van der Waals surface area contributed by atoms with Gasteiger partial charge in [-0.2, -0.15) is 13.2 Å². The summed E-state index contributed by atoms with van der Waals surface area (Å²) in [6, 6.07) is 0.950. The van der Waals surface area contributed by atoms with E-state index in [0.29, 0.717) is 12.1 Å². The van der Waals surface area contributed by atoms with E-state index < -0.39 is 36.5 Å². The molecular weight excluding hydrogens is 295 g/mol. The molecule has 90 valence electrons. The molecule has 1 rings (SSSR count). The van der Waals surface area contributed by atoms with Crippen molar-refractivity contribution in [1.29, 1.82) is 0 Å². The summed E-state index contributed by atoms with van der Waals surface area (Å²) >= 11 is 5.18. The standard InChI is InChI=1S/C7H2Cl2F4O2S/c8-4-2-1-3(7(11,12)13)6(5(4)10)16(9,14)15/h1-2H. The van der Waals surface area contributed by atoms with Gasteiger partial charge in [0.05, 0.1) is 10.6 Å². The predicted molar refractivity (Wildman–Crippen MR) is 49.5 cm³/mol. The van der Waals surface area contributed by atoms with Crippen LogP contribution in [0.4, 0.5) is 17.6 Å². The van der Waals surface area contributed by atoms with Crippen LogP contribution in [-0.2, 0) is 15.2 Å². The second kappa shape index (κ2) is 4.05. The third kappa shape index (κ3) is 2.58. The maximum absolute atomic E-state index is 13.2. The van der Waals surface area contributed by atoms with Gasteiger partial charge in [0, 0.05) is 10.7 Å². The zero-order valence-electron chi connectivity index (χ0n) is 7.15. The molecule has 0 aliphatic heterocycles. The molecule has 0 aliphatic carbocycles. The fraction of sp³-hybridized carbons (Fsp3) is 0.143. The Morgan fingerprint density at radius 2 is 1.69 bits per heavy atom. The molecule has 0 N–H and O–H groups in total.